The molecule has 0 bridgehead atoms. The molecule has 1 aliphatic carbocycles. The van der Waals surface area contributed by atoms with Gasteiger partial charge in [0.1, 0.15) is 5.78 Å². The lowest BCUT2D eigenvalue weighted by atomic mass is 9.88. The Kier molecular flexibility index (Phi) is 4.41. The van der Waals surface area contributed by atoms with Crippen molar-refractivity contribution < 1.29 is 4.79 Å². The van der Waals surface area contributed by atoms with Crippen molar-refractivity contribution in [2.75, 3.05) is 5.73 Å². The topological polar surface area (TPSA) is 43.1 Å². The van der Waals surface area contributed by atoms with Crippen LogP contribution in [0.2, 0.25) is 0 Å². The van der Waals surface area contributed by atoms with Crippen molar-refractivity contribution in [2.45, 2.75) is 50.4 Å². The zero-order valence-electron chi connectivity index (χ0n) is 11.5. The highest BCUT2D eigenvalue weighted by Crippen LogP contribution is 2.50. The van der Waals surface area contributed by atoms with E-state index in [4.69, 9.17) is 5.73 Å². The molecule has 0 amide bonds. The molecule has 0 radical (unpaired) electrons. The Morgan fingerprint density at radius 1 is 1.21 bits per heavy atom. The van der Waals surface area contributed by atoms with E-state index in [1.807, 2.05) is 30.3 Å². The highest BCUT2D eigenvalue weighted by Gasteiger charge is 2.49. The van der Waals surface area contributed by atoms with Gasteiger partial charge in [0.05, 0.1) is 5.41 Å². The number of rotatable bonds is 8. The summed E-state index contributed by atoms with van der Waals surface area (Å²) in [6.07, 6.45) is 8.98. The minimum Gasteiger partial charge on any atom is -0.399 e. The second-order valence-electron chi connectivity index (χ2n) is 5.52. The molecule has 0 spiro atoms. The average Bonchev–Trinajstić information content (AvgIpc) is 3.21. The van der Waals surface area contributed by atoms with Gasteiger partial charge in [-0.2, -0.15) is 0 Å². The van der Waals surface area contributed by atoms with Crippen LogP contribution in [0.15, 0.2) is 36.9 Å². The Bertz CT molecular complexity index is 443. The number of nitrogen functional groups attached to an aromatic ring is 1. The molecule has 1 saturated carbocycles. The molecule has 1 aromatic carbocycles. The summed E-state index contributed by atoms with van der Waals surface area (Å²) in [7, 11) is 0. The van der Waals surface area contributed by atoms with Crippen LogP contribution in [0.25, 0.3) is 0 Å². The normalized spacial score (nSPS) is 16.0. The monoisotopic (exact) mass is 257 g/mol. The van der Waals surface area contributed by atoms with Gasteiger partial charge in [0.25, 0.3) is 0 Å². The lowest BCUT2D eigenvalue weighted by Gasteiger charge is -2.14. The third kappa shape index (κ3) is 3.25. The van der Waals surface area contributed by atoms with Crippen molar-refractivity contribution in [3.8, 4) is 0 Å². The number of benzene rings is 1. The largest absolute Gasteiger partial charge is 0.399 e. The van der Waals surface area contributed by atoms with Gasteiger partial charge in [-0.15, -0.1) is 6.58 Å². The number of Topliss-reactive ketones (excluding diaryl/α,β-unsaturated/α-hetero) is 1. The number of ketones is 1. The molecule has 2 nitrogen and oxygen atoms in total. The van der Waals surface area contributed by atoms with Crippen molar-refractivity contribution in [2.24, 2.45) is 0 Å². The molecule has 0 aliphatic heterocycles. The number of anilines is 1. The first-order valence-corrected chi connectivity index (χ1v) is 7.19. The maximum atomic E-state index is 12.4. The van der Waals surface area contributed by atoms with Gasteiger partial charge in [0, 0.05) is 12.1 Å². The van der Waals surface area contributed by atoms with E-state index in [9.17, 15) is 4.79 Å². The number of carbonyl (C=O) groups is 1. The molecule has 2 heteroatoms. The van der Waals surface area contributed by atoms with Crippen LogP contribution >= 0.6 is 0 Å². The van der Waals surface area contributed by atoms with Gasteiger partial charge < -0.3 is 5.73 Å². The smallest absolute Gasteiger partial charge is 0.143 e. The number of carbonyl (C=O) groups excluding carboxylic acids is 1. The van der Waals surface area contributed by atoms with Crippen molar-refractivity contribution in [1.29, 1.82) is 0 Å². The summed E-state index contributed by atoms with van der Waals surface area (Å²) < 4.78 is 0. The van der Waals surface area contributed by atoms with Gasteiger partial charge in [0.15, 0.2) is 0 Å². The molecule has 2 N–H and O–H groups in total. The fraction of sp³-hybridized carbons (Fsp3) is 0.471. The van der Waals surface area contributed by atoms with E-state index in [-0.39, 0.29) is 5.41 Å². The summed E-state index contributed by atoms with van der Waals surface area (Å²) in [5.41, 5.74) is 7.44. The molecule has 2 rings (SSSR count). The summed E-state index contributed by atoms with van der Waals surface area (Å²) in [4.78, 5) is 12.4. The van der Waals surface area contributed by atoms with E-state index >= 15 is 0 Å². The van der Waals surface area contributed by atoms with Crippen LogP contribution in [0.1, 0.15) is 50.5 Å². The first kappa shape index (κ1) is 13.9. The number of hydrogen-bond acceptors (Lipinski definition) is 2. The molecular weight excluding hydrogens is 234 g/mol. The lowest BCUT2D eigenvalue weighted by molar-refractivity contribution is -0.121. The van der Waals surface area contributed by atoms with Crippen molar-refractivity contribution in [3.63, 3.8) is 0 Å². The molecule has 1 aliphatic rings. The second-order valence-corrected chi connectivity index (χ2v) is 5.52. The standard InChI is InChI=1S/C17H23NO/c1-2-3-4-5-6-7-16(19)17(12-13-17)14-8-10-15(18)11-9-14/h2,8-11H,1,3-7,12-13,18H2. The lowest BCUT2D eigenvalue weighted by Crippen LogP contribution is -2.20. The maximum Gasteiger partial charge on any atom is 0.143 e. The van der Waals surface area contributed by atoms with Gasteiger partial charge in [-0.3, -0.25) is 4.79 Å². The molecule has 102 valence electrons. The summed E-state index contributed by atoms with van der Waals surface area (Å²) in [5.74, 6) is 0.413. The van der Waals surface area contributed by atoms with Crippen LogP contribution in [0, 0.1) is 0 Å². The number of hydrogen-bond donors (Lipinski definition) is 1. The predicted molar refractivity (Wildman–Crippen MR) is 80.1 cm³/mol. The molecular formula is C17H23NO. The Labute approximate surface area is 115 Å². The highest BCUT2D eigenvalue weighted by molar-refractivity contribution is 5.93. The van der Waals surface area contributed by atoms with Crippen molar-refractivity contribution in [1.82, 2.24) is 0 Å². The minimum absolute atomic E-state index is 0.174. The van der Waals surface area contributed by atoms with Crippen LogP contribution in [0.5, 0.6) is 0 Å². The first-order chi connectivity index (χ1) is 9.19. The first-order valence-electron chi connectivity index (χ1n) is 7.19. The molecule has 19 heavy (non-hydrogen) atoms. The number of allylic oxidation sites excluding steroid dienone is 1. The van der Waals surface area contributed by atoms with Gasteiger partial charge in [-0.05, 0) is 49.8 Å². The van der Waals surface area contributed by atoms with Crippen LogP contribution in [-0.2, 0) is 10.2 Å². The third-order valence-corrected chi connectivity index (χ3v) is 4.06. The van der Waals surface area contributed by atoms with Crippen LogP contribution < -0.4 is 5.73 Å². The maximum absolute atomic E-state index is 12.4. The molecule has 1 fully saturated rings. The highest BCUT2D eigenvalue weighted by atomic mass is 16.1. The SMILES string of the molecule is C=CCCCCCC(=O)C1(c2ccc(N)cc2)CC1. The van der Waals surface area contributed by atoms with E-state index in [0.717, 1.165) is 49.8 Å². The molecule has 0 atom stereocenters. The average molecular weight is 257 g/mol. The summed E-state index contributed by atoms with van der Waals surface area (Å²) in [6, 6.07) is 7.81. The number of unbranched alkanes of at least 4 members (excludes halogenated alkanes) is 3. The van der Waals surface area contributed by atoms with Gasteiger partial charge in [0.2, 0.25) is 0 Å². The zero-order chi connectivity index (χ0) is 13.7. The van der Waals surface area contributed by atoms with E-state index < -0.39 is 0 Å². The Morgan fingerprint density at radius 2 is 1.89 bits per heavy atom. The van der Waals surface area contributed by atoms with E-state index in [1.165, 1.54) is 0 Å². The van der Waals surface area contributed by atoms with Crippen molar-refractivity contribution >= 4 is 11.5 Å². The van der Waals surface area contributed by atoms with Gasteiger partial charge in [-0.1, -0.05) is 24.6 Å². The Morgan fingerprint density at radius 3 is 2.47 bits per heavy atom. The number of nitrogens with two attached hydrogens (primary N) is 1. The van der Waals surface area contributed by atoms with E-state index in [2.05, 4.69) is 6.58 Å². The molecule has 0 unspecified atom stereocenters. The van der Waals surface area contributed by atoms with E-state index in [0.29, 0.717) is 12.2 Å². The molecule has 0 saturated heterocycles. The van der Waals surface area contributed by atoms with Gasteiger partial charge >= 0.3 is 0 Å². The van der Waals surface area contributed by atoms with Crippen LogP contribution in [-0.4, -0.2) is 5.78 Å². The fourth-order valence-corrected chi connectivity index (χ4v) is 2.65. The Balaban J connectivity index is 1.88. The second kappa shape index (κ2) is 6.05. The summed E-state index contributed by atoms with van der Waals surface area (Å²) in [6.45, 7) is 3.71. The van der Waals surface area contributed by atoms with Crippen LogP contribution in [0.3, 0.4) is 0 Å². The molecule has 0 aromatic heterocycles. The fourth-order valence-electron chi connectivity index (χ4n) is 2.65. The molecule has 1 aromatic rings. The molecule has 0 heterocycles. The summed E-state index contributed by atoms with van der Waals surface area (Å²) in [5, 5.41) is 0. The quantitative estimate of drug-likeness (QED) is 0.434. The zero-order valence-corrected chi connectivity index (χ0v) is 11.5. The Hall–Kier alpha value is -1.57. The third-order valence-electron chi connectivity index (χ3n) is 4.06. The van der Waals surface area contributed by atoms with E-state index in [1.54, 1.807) is 0 Å². The van der Waals surface area contributed by atoms with Crippen LogP contribution in [0.4, 0.5) is 5.69 Å². The predicted octanol–water partition coefficient (Wildman–Crippen LogP) is 4.01. The van der Waals surface area contributed by atoms with Gasteiger partial charge in [-0.25, -0.2) is 0 Å². The van der Waals surface area contributed by atoms with Crippen molar-refractivity contribution in [3.05, 3.63) is 42.5 Å². The minimum atomic E-state index is -0.174. The summed E-state index contributed by atoms with van der Waals surface area (Å²) >= 11 is 0.